The summed E-state index contributed by atoms with van der Waals surface area (Å²) in [5.74, 6) is 1.52. The molecule has 1 aliphatic heterocycles. The third kappa shape index (κ3) is 3.50. The molecule has 1 aliphatic rings. The van der Waals surface area contributed by atoms with Gasteiger partial charge in [0, 0.05) is 32.4 Å². The molecule has 3 aromatic rings. The van der Waals surface area contributed by atoms with Crippen LogP contribution in [0.25, 0.3) is 10.7 Å². The molecule has 0 unspecified atom stereocenters. The molecule has 1 saturated heterocycles. The number of rotatable bonds is 4. The Morgan fingerprint density at radius 1 is 1.12 bits per heavy atom. The van der Waals surface area contributed by atoms with Gasteiger partial charge < -0.3 is 9.80 Å². The molecule has 9 heteroatoms. The van der Waals surface area contributed by atoms with Crippen LogP contribution < -0.4 is 4.90 Å². The molecule has 1 amide bonds. The van der Waals surface area contributed by atoms with Crippen molar-refractivity contribution in [3.8, 4) is 10.7 Å². The van der Waals surface area contributed by atoms with E-state index in [0.717, 1.165) is 23.8 Å². The van der Waals surface area contributed by atoms with Crippen molar-refractivity contribution in [2.75, 3.05) is 31.1 Å². The number of hydrogen-bond acceptors (Lipinski definition) is 7. The van der Waals surface area contributed by atoms with Crippen molar-refractivity contribution in [1.29, 1.82) is 0 Å². The van der Waals surface area contributed by atoms with E-state index in [1.165, 1.54) is 4.80 Å². The summed E-state index contributed by atoms with van der Waals surface area (Å²) < 4.78 is 0. The van der Waals surface area contributed by atoms with Crippen LogP contribution in [0.5, 0.6) is 0 Å². The molecular formula is C16H17N7OS. The van der Waals surface area contributed by atoms with Gasteiger partial charge in [0.1, 0.15) is 12.4 Å². The fourth-order valence-corrected chi connectivity index (χ4v) is 3.41. The first-order chi connectivity index (χ1) is 12.3. The van der Waals surface area contributed by atoms with E-state index in [1.807, 2.05) is 40.6 Å². The topological polar surface area (TPSA) is 80.0 Å². The molecule has 8 nitrogen and oxygen atoms in total. The number of pyridine rings is 1. The molecule has 128 valence electrons. The summed E-state index contributed by atoms with van der Waals surface area (Å²) in [7, 11) is 0. The van der Waals surface area contributed by atoms with Crippen molar-refractivity contribution in [3.63, 3.8) is 0 Å². The number of carbonyl (C=O) groups excluding carboxylic acids is 1. The average molecular weight is 355 g/mol. The number of thiophene rings is 1. The maximum absolute atomic E-state index is 12.5. The Bertz CT molecular complexity index is 825. The van der Waals surface area contributed by atoms with Crippen LogP contribution >= 0.6 is 11.3 Å². The Morgan fingerprint density at radius 3 is 2.72 bits per heavy atom. The number of piperazine rings is 1. The quantitative estimate of drug-likeness (QED) is 0.698. The van der Waals surface area contributed by atoms with Crippen molar-refractivity contribution in [2.45, 2.75) is 6.54 Å². The van der Waals surface area contributed by atoms with E-state index in [1.54, 1.807) is 17.5 Å². The maximum atomic E-state index is 12.5. The van der Waals surface area contributed by atoms with E-state index >= 15 is 0 Å². The summed E-state index contributed by atoms with van der Waals surface area (Å²) >= 11 is 1.55. The Labute approximate surface area is 148 Å². The van der Waals surface area contributed by atoms with Crippen molar-refractivity contribution >= 4 is 23.1 Å². The Balaban J connectivity index is 1.34. The molecule has 0 saturated carbocycles. The van der Waals surface area contributed by atoms with Gasteiger partial charge >= 0.3 is 0 Å². The summed E-state index contributed by atoms with van der Waals surface area (Å²) in [6, 6.07) is 9.74. The Kier molecular flexibility index (Phi) is 4.38. The lowest BCUT2D eigenvalue weighted by Crippen LogP contribution is -2.50. The SMILES string of the molecule is O=C(Cn1nnc(-c2cccs2)n1)N1CCN(c2ccccn2)CC1. The molecule has 0 N–H and O–H groups in total. The minimum atomic E-state index is 0.0100. The number of aromatic nitrogens is 5. The van der Waals surface area contributed by atoms with Gasteiger partial charge in [0.15, 0.2) is 0 Å². The second-order valence-corrected chi connectivity index (χ2v) is 6.62. The molecule has 0 atom stereocenters. The van der Waals surface area contributed by atoms with Gasteiger partial charge in [0.05, 0.1) is 4.88 Å². The highest BCUT2D eigenvalue weighted by atomic mass is 32.1. The highest BCUT2D eigenvalue weighted by Crippen LogP contribution is 2.19. The molecule has 1 fully saturated rings. The van der Waals surface area contributed by atoms with E-state index in [9.17, 15) is 4.79 Å². The molecule has 0 aromatic carbocycles. The van der Waals surface area contributed by atoms with Gasteiger partial charge in [-0.3, -0.25) is 4.79 Å². The van der Waals surface area contributed by atoms with Crippen LogP contribution in [0.15, 0.2) is 41.9 Å². The normalized spacial score (nSPS) is 14.7. The summed E-state index contributed by atoms with van der Waals surface area (Å²) in [5, 5.41) is 14.2. The van der Waals surface area contributed by atoms with Crippen LogP contribution in [0.4, 0.5) is 5.82 Å². The molecule has 0 radical (unpaired) electrons. The predicted octanol–water partition coefficient (Wildman–Crippen LogP) is 1.15. The minimum absolute atomic E-state index is 0.0100. The third-order valence-corrected chi connectivity index (χ3v) is 4.94. The third-order valence-electron chi connectivity index (χ3n) is 4.08. The van der Waals surface area contributed by atoms with Crippen molar-refractivity contribution in [1.82, 2.24) is 30.1 Å². The standard InChI is InChI=1S/C16H17N7OS/c24-15(12-23-19-16(18-20-23)13-4-3-11-25-13)22-9-7-21(8-10-22)14-5-1-2-6-17-14/h1-6,11H,7-10,12H2. The van der Waals surface area contributed by atoms with E-state index in [4.69, 9.17) is 0 Å². The van der Waals surface area contributed by atoms with Crippen LogP contribution in [0.1, 0.15) is 0 Å². The highest BCUT2D eigenvalue weighted by molar-refractivity contribution is 7.13. The molecule has 0 spiro atoms. The summed E-state index contributed by atoms with van der Waals surface area (Å²) in [5.41, 5.74) is 0. The monoisotopic (exact) mass is 355 g/mol. The predicted molar refractivity (Wildman–Crippen MR) is 94.2 cm³/mol. The number of anilines is 1. The van der Waals surface area contributed by atoms with Gasteiger partial charge in [-0.1, -0.05) is 12.1 Å². The number of nitrogens with zero attached hydrogens (tertiary/aromatic N) is 7. The molecular weight excluding hydrogens is 338 g/mol. The molecule has 0 bridgehead atoms. The molecule has 4 rings (SSSR count). The van der Waals surface area contributed by atoms with E-state index < -0.39 is 0 Å². The molecule has 0 aliphatic carbocycles. The van der Waals surface area contributed by atoms with E-state index in [-0.39, 0.29) is 12.5 Å². The second-order valence-electron chi connectivity index (χ2n) is 5.68. The fraction of sp³-hybridized carbons (Fsp3) is 0.312. The summed E-state index contributed by atoms with van der Waals surface area (Å²) in [6.07, 6.45) is 1.79. The largest absolute Gasteiger partial charge is 0.353 e. The first kappa shape index (κ1) is 15.7. The van der Waals surface area contributed by atoms with E-state index in [0.29, 0.717) is 18.9 Å². The van der Waals surface area contributed by atoms with Gasteiger partial charge in [-0.05, 0) is 28.8 Å². The van der Waals surface area contributed by atoms with Gasteiger partial charge in [-0.2, -0.15) is 4.80 Å². The zero-order chi connectivity index (χ0) is 17.1. The van der Waals surface area contributed by atoms with Crippen LogP contribution in [0.2, 0.25) is 0 Å². The number of amides is 1. The smallest absolute Gasteiger partial charge is 0.246 e. The average Bonchev–Trinajstić information content (AvgIpc) is 3.34. The molecule has 25 heavy (non-hydrogen) atoms. The van der Waals surface area contributed by atoms with Crippen molar-refractivity contribution < 1.29 is 4.79 Å². The van der Waals surface area contributed by atoms with E-state index in [2.05, 4.69) is 25.3 Å². The first-order valence-electron chi connectivity index (χ1n) is 8.05. The van der Waals surface area contributed by atoms with Gasteiger partial charge in [-0.25, -0.2) is 4.98 Å². The van der Waals surface area contributed by atoms with Crippen LogP contribution in [-0.2, 0) is 11.3 Å². The zero-order valence-electron chi connectivity index (χ0n) is 13.5. The molecule has 3 aromatic heterocycles. The summed E-state index contributed by atoms with van der Waals surface area (Å²) in [6.45, 7) is 2.99. The lowest BCUT2D eigenvalue weighted by molar-refractivity contribution is -0.132. The van der Waals surface area contributed by atoms with Crippen LogP contribution in [0.3, 0.4) is 0 Å². The lowest BCUT2D eigenvalue weighted by Gasteiger charge is -2.35. The Hall–Kier alpha value is -2.81. The molecule has 4 heterocycles. The second kappa shape index (κ2) is 6.98. The summed E-state index contributed by atoms with van der Waals surface area (Å²) in [4.78, 5) is 23.2. The van der Waals surface area contributed by atoms with Crippen molar-refractivity contribution in [2.24, 2.45) is 0 Å². The number of carbonyl (C=O) groups is 1. The highest BCUT2D eigenvalue weighted by Gasteiger charge is 2.22. The van der Waals surface area contributed by atoms with Crippen LogP contribution in [-0.4, -0.2) is 62.2 Å². The lowest BCUT2D eigenvalue weighted by atomic mass is 10.3. The fourth-order valence-electron chi connectivity index (χ4n) is 2.76. The van der Waals surface area contributed by atoms with Crippen molar-refractivity contribution in [3.05, 3.63) is 41.9 Å². The van der Waals surface area contributed by atoms with Gasteiger partial charge in [0.2, 0.25) is 11.7 Å². The van der Waals surface area contributed by atoms with Gasteiger partial charge in [-0.15, -0.1) is 21.5 Å². The number of tetrazole rings is 1. The minimum Gasteiger partial charge on any atom is -0.353 e. The Morgan fingerprint density at radius 2 is 2.00 bits per heavy atom. The zero-order valence-corrected chi connectivity index (χ0v) is 14.3. The maximum Gasteiger partial charge on any atom is 0.246 e. The van der Waals surface area contributed by atoms with Crippen LogP contribution in [0, 0.1) is 0 Å². The first-order valence-corrected chi connectivity index (χ1v) is 8.93. The van der Waals surface area contributed by atoms with Gasteiger partial charge in [0.25, 0.3) is 0 Å². The number of hydrogen-bond donors (Lipinski definition) is 0.